The number of amides is 1. The first-order chi connectivity index (χ1) is 11.5. The summed E-state index contributed by atoms with van der Waals surface area (Å²) in [6.45, 7) is 0.796. The highest BCUT2D eigenvalue weighted by Gasteiger charge is 2.14. The molecule has 0 bridgehead atoms. The second kappa shape index (κ2) is 7.91. The molecule has 0 fully saturated rings. The number of hydrogen-bond acceptors (Lipinski definition) is 3. The number of hydrogen-bond donors (Lipinski definition) is 2. The third-order valence-corrected chi connectivity index (χ3v) is 3.23. The number of oxime groups is 1. The molecule has 0 aliphatic heterocycles. The van der Waals surface area contributed by atoms with Crippen molar-refractivity contribution in [3.05, 3.63) is 71.8 Å². The zero-order valence-corrected chi connectivity index (χ0v) is 12.6. The molecule has 0 aromatic carbocycles. The van der Waals surface area contributed by atoms with Crippen LogP contribution < -0.4 is 14.9 Å². The number of carbonyl (C=O) groups excluding carboxylic acids is 1. The Labute approximate surface area is 136 Å². The molecule has 0 saturated carbocycles. The first kappa shape index (κ1) is 17.2. The number of primary amides is 1. The molecule has 0 unspecified atom stereocenters. The first-order valence-corrected chi connectivity index (χ1v) is 7.00. The van der Waals surface area contributed by atoms with Crippen LogP contribution >= 0.6 is 0 Å². The van der Waals surface area contributed by atoms with Crippen molar-refractivity contribution in [3.8, 4) is 0 Å². The van der Waals surface area contributed by atoms with Crippen LogP contribution in [0.5, 0.6) is 0 Å². The van der Waals surface area contributed by atoms with Crippen LogP contribution in [0.1, 0.15) is 15.9 Å². The minimum absolute atomic E-state index is 0.268. The third kappa shape index (κ3) is 4.42. The molecule has 1 amide bonds. The van der Waals surface area contributed by atoms with Crippen LogP contribution in [-0.2, 0) is 13.1 Å². The van der Waals surface area contributed by atoms with Crippen LogP contribution in [-0.4, -0.2) is 17.3 Å². The molecule has 2 rings (SSSR count). The van der Waals surface area contributed by atoms with Crippen molar-refractivity contribution in [1.82, 2.24) is 0 Å². The SMILES string of the molecule is NC(=O)c1cc[n+](CC=CC[n+]2cc(F)c(C=NO)c(F)c2)cc1. The minimum Gasteiger partial charge on any atom is -0.411 e. The number of allylic oxidation sites excluding steroid dienone is 2. The molecule has 6 nitrogen and oxygen atoms in total. The van der Waals surface area contributed by atoms with Crippen molar-refractivity contribution in [1.29, 1.82) is 0 Å². The van der Waals surface area contributed by atoms with E-state index >= 15 is 0 Å². The topological polar surface area (TPSA) is 83.4 Å². The number of halogens is 2. The molecule has 2 heterocycles. The summed E-state index contributed by atoms with van der Waals surface area (Å²) in [5.74, 6) is -2.14. The molecule has 0 radical (unpaired) electrons. The lowest BCUT2D eigenvalue weighted by Crippen LogP contribution is -2.35. The van der Waals surface area contributed by atoms with Crippen molar-refractivity contribution in [2.24, 2.45) is 10.9 Å². The van der Waals surface area contributed by atoms with Gasteiger partial charge in [0.05, 0.1) is 17.3 Å². The van der Waals surface area contributed by atoms with E-state index in [1.54, 1.807) is 30.6 Å². The van der Waals surface area contributed by atoms with Gasteiger partial charge in [0.25, 0.3) is 0 Å². The fraction of sp³-hybridized carbons (Fsp3) is 0.125. The van der Waals surface area contributed by atoms with Gasteiger partial charge in [-0.3, -0.25) is 4.79 Å². The Morgan fingerprint density at radius 1 is 1.12 bits per heavy atom. The molecule has 0 atom stereocenters. The van der Waals surface area contributed by atoms with E-state index in [0.29, 0.717) is 18.3 Å². The van der Waals surface area contributed by atoms with E-state index in [0.717, 1.165) is 12.4 Å². The summed E-state index contributed by atoms with van der Waals surface area (Å²) in [5.41, 5.74) is 5.18. The molecule has 8 heteroatoms. The van der Waals surface area contributed by atoms with Gasteiger partial charge in [0.15, 0.2) is 37.1 Å². The number of aromatic nitrogens is 2. The van der Waals surface area contributed by atoms with Gasteiger partial charge in [-0.05, 0) is 12.2 Å². The molecular formula is C16H16F2N4O2+2. The Morgan fingerprint density at radius 3 is 2.17 bits per heavy atom. The van der Waals surface area contributed by atoms with Gasteiger partial charge >= 0.3 is 0 Å². The maximum absolute atomic E-state index is 13.6. The molecular weight excluding hydrogens is 318 g/mol. The predicted octanol–water partition coefficient (Wildman–Crippen LogP) is 0.703. The summed E-state index contributed by atoms with van der Waals surface area (Å²) in [4.78, 5) is 11.0. The van der Waals surface area contributed by atoms with E-state index in [4.69, 9.17) is 10.9 Å². The molecule has 3 N–H and O–H groups in total. The third-order valence-electron chi connectivity index (χ3n) is 3.23. The molecule has 124 valence electrons. The molecule has 2 aromatic rings. The average Bonchev–Trinajstić information content (AvgIpc) is 2.55. The van der Waals surface area contributed by atoms with Crippen LogP contribution in [0.25, 0.3) is 0 Å². The Morgan fingerprint density at radius 2 is 1.67 bits per heavy atom. The van der Waals surface area contributed by atoms with E-state index in [-0.39, 0.29) is 6.54 Å². The maximum atomic E-state index is 13.6. The second-order valence-corrected chi connectivity index (χ2v) is 4.93. The fourth-order valence-electron chi connectivity index (χ4n) is 2.00. The van der Waals surface area contributed by atoms with E-state index in [9.17, 15) is 13.6 Å². The standard InChI is InChI=1S/C16H14F2N4O2/c17-14-10-22(11-15(18)13(14)9-20-24)6-2-1-5-21-7-3-12(4-8-21)16(19)23/h1-4,7-11H,5-6H2,(H-,19,23)/p+2. The van der Waals surface area contributed by atoms with E-state index < -0.39 is 23.1 Å². The lowest BCUT2D eigenvalue weighted by Gasteiger charge is -1.98. The number of nitrogens with zero attached hydrogens (tertiary/aromatic N) is 3. The summed E-state index contributed by atoms with van der Waals surface area (Å²) in [6, 6.07) is 3.22. The Kier molecular flexibility index (Phi) is 5.67. The van der Waals surface area contributed by atoms with E-state index in [1.165, 1.54) is 4.57 Å². The quantitative estimate of drug-likeness (QED) is 0.268. The average molecular weight is 334 g/mol. The van der Waals surface area contributed by atoms with Gasteiger partial charge in [-0.25, -0.2) is 4.57 Å². The molecule has 0 aliphatic rings. The van der Waals surface area contributed by atoms with Crippen LogP contribution in [0.2, 0.25) is 0 Å². The van der Waals surface area contributed by atoms with Gasteiger partial charge in [-0.15, -0.1) is 0 Å². The molecule has 0 aliphatic carbocycles. The van der Waals surface area contributed by atoms with E-state index in [2.05, 4.69) is 5.16 Å². The van der Waals surface area contributed by atoms with Gasteiger partial charge in [0.2, 0.25) is 18.3 Å². The van der Waals surface area contributed by atoms with Crippen LogP contribution in [0.4, 0.5) is 8.78 Å². The van der Waals surface area contributed by atoms with Crippen LogP contribution in [0, 0.1) is 11.6 Å². The smallest absolute Gasteiger partial charge is 0.249 e. The van der Waals surface area contributed by atoms with Gasteiger partial charge in [0, 0.05) is 12.1 Å². The van der Waals surface area contributed by atoms with Gasteiger partial charge in [-0.2, -0.15) is 13.3 Å². The summed E-state index contributed by atoms with van der Waals surface area (Å²) in [7, 11) is 0. The monoisotopic (exact) mass is 334 g/mol. The fourth-order valence-corrected chi connectivity index (χ4v) is 2.00. The highest BCUT2D eigenvalue weighted by molar-refractivity contribution is 5.92. The van der Waals surface area contributed by atoms with Gasteiger partial charge in [0.1, 0.15) is 0 Å². The summed E-state index contributed by atoms with van der Waals surface area (Å²) >= 11 is 0. The highest BCUT2D eigenvalue weighted by atomic mass is 19.1. The number of nitrogens with two attached hydrogens (primary N) is 1. The Hall–Kier alpha value is -3.16. The zero-order valence-electron chi connectivity index (χ0n) is 12.6. The van der Waals surface area contributed by atoms with Crippen molar-refractivity contribution in [3.63, 3.8) is 0 Å². The Balaban J connectivity index is 1.98. The molecule has 2 aromatic heterocycles. The van der Waals surface area contributed by atoms with Crippen molar-refractivity contribution in [2.45, 2.75) is 13.1 Å². The first-order valence-electron chi connectivity index (χ1n) is 7.00. The van der Waals surface area contributed by atoms with Crippen molar-refractivity contribution >= 4 is 12.1 Å². The van der Waals surface area contributed by atoms with Crippen LogP contribution in [0.15, 0.2) is 54.2 Å². The van der Waals surface area contributed by atoms with Crippen molar-refractivity contribution < 1.29 is 27.9 Å². The number of carbonyl (C=O) groups is 1. The summed E-state index contributed by atoms with van der Waals surface area (Å²) < 4.78 is 30.4. The zero-order chi connectivity index (χ0) is 17.5. The molecule has 0 saturated heterocycles. The maximum Gasteiger partial charge on any atom is 0.249 e. The lowest BCUT2D eigenvalue weighted by atomic mass is 10.2. The Bertz CT molecular complexity index is 766. The van der Waals surface area contributed by atoms with Crippen LogP contribution in [0.3, 0.4) is 0 Å². The normalized spacial score (nSPS) is 11.4. The lowest BCUT2D eigenvalue weighted by molar-refractivity contribution is -0.692. The number of rotatable bonds is 6. The molecule has 24 heavy (non-hydrogen) atoms. The highest BCUT2D eigenvalue weighted by Crippen LogP contribution is 2.06. The van der Waals surface area contributed by atoms with Gasteiger partial charge in [-0.1, -0.05) is 5.16 Å². The van der Waals surface area contributed by atoms with Crippen molar-refractivity contribution in [2.75, 3.05) is 0 Å². The predicted molar refractivity (Wildman–Crippen MR) is 80.2 cm³/mol. The number of pyridine rings is 2. The largest absolute Gasteiger partial charge is 0.411 e. The van der Waals surface area contributed by atoms with Gasteiger partial charge < -0.3 is 10.9 Å². The van der Waals surface area contributed by atoms with E-state index in [1.807, 2.05) is 10.6 Å². The minimum atomic E-state index is -0.822. The summed E-state index contributed by atoms with van der Waals surface area (Å²) in [6.07, 6.45) is 9.90. The summed E-state index contributed by atoms with van der Waals surface area (Å²) in [5, 5.41) is 11.0. The molecule has 0 spiro atoms. The second-order valence-electron chi connectivity index (χ2n) is 4.93.